The van der Waals surface area contributed by atoms with E-state index in [1.807, 2.05) is 24.9 Å². The SMILES string of the molecule is CC1=NN(c2ccc(C)c(Cl)c2)C(=O)C1=Cc1ccc(N2CCN(C)CC2)c([N+](=O)[O-])c1. The molecule has 0 bridgehead atoms. The number of anilines is 2. The minimum Gasteiger partial charge on any atom is -0.363 e. The van der Waals surface area contributed by atoms with Crippen LogP contribution in [0.25, 0.3) is 6.08 Å². The Kier molecular flexibility index (Phi) is 5.99. The average molecular weight is 454 g/mol. The van der Waals surface area contributed by atoms with Crippen molar-refractivity contribution in [3.05, 3.63) is 68.2 Å². The summed E-state index contributed by atoms with van der Waals surface area (Å²) >= 11 is 6.20. The zero-order valence-corrected chi connectivity index (χ0v) is 19.0. The summed E-state index contributed by atoms with van der Waals surface area (Å²) in [5, 5.41) is 18.0. The zero-order chi connectivity index (χ0) is 23.0. The molecule has 2 heterocycles. The number of hydrogen-bond acceptors (Lipinski definition) is 6. The molecule has 9 heteroatoms. The molecule has 0 aromatic heterocycles. The van der Waals surface area contributed by atoms with Gasteiger partial charge in [0.1, 0.15) is 5.69 Å². The second kappa shape index (κ2) is 8.72. The average Bonchev–Trinajstić information content (AvgIpc) is 3.04. The molecule has 8 nitrogen and oxygen atoms in total. The van der Waals surface area contributed by atoms with E-state index in [1.165, 1.54) is 11.1 Å². The summed E-state index contributed by atoms with van der Waals surface area (Å²) < 4.78 is 0. The van der Waals surface area contributed by atoms with Crippen LogP contribution in [0.4, 0.5) is 17.1 Å². The molecule has 0 aliphatic carbocycles. The number of benzene rings is 2. The van der Waals surface area contributed by atoms with Crippen LogP contribution in [0, 0.1) is 17.0 Å². The number of piperazine rings is 1. The molecule has 0 atom stereocenters. The van der Waals surface area contributed by atoms with Crippen LogP contribution in [0.15, 0.2) is 47.1 Å². The third-order valence-electron chi connectivity index (χ3n) is 5.81. The maximum atomic E-state index is 13.0. The number of nitrogens with zero attached hydrogens (tertiary/aromatic N) is 5. The number of halogens is 1. The first-order valence-electron chi connectivity index (χ1n) is 10.3. The Morgan fingerprint density at radius 3 is 2.47 bits per heavy atom. The first-order chi connectivity index (χ1) is 15.2. The number of nitro benzene ring substituents is 1. The van der Waals surface area contributed by atoms with Crippen LogP contribution in [0.3, 0.4) is 0 Å². The van der Waals surface area contributed by atoms with Gasteiger partial charge in [-0.15, -0.1) is 0 Å². The number of hydrogen-bond donors (Lipinski definition) is 0. The lowest BCUT2D eigenvalue weighted by molar-refractivity contribution is -0.384. The van der Waals surface area contributed by atoms with E-state index in [1.54, 1.807) is 37.3 Å². The van der Waals surface area contributed by atoms with Crippen LogP contribution >= 0.6 is 11.6 Å². The zero-order valence-electron chi connectivity index (χ0n) is 18.2. The van der Waals surface area contributed by atoms with Gasteiger partial charge < -0.3 is 9.80 Å². The van der Waals surface area contributed by atoms with Crippen molar-refractivity contribution in [2.45, 2.75) is 13.8 Å². The van der Waals surface area contributed by atoms with E-state index in [9.17, 15) is 14.9 Å². The minimum atomic E-state index is -0.367. The highest BCUT2D eigenvalue weighted by molar-refractivity contribution is 6.33. The number of aryl methyl sites for hydroxylation is 1. The molecule has 0 N–H and O–H groups in total. The van der Waals surface area contributed by atoms with Crippen LogP contribution in [-0.4, -0.2) is 54.7 Å². The van der Waals surface area contributed by atoms with Gasteiger partial charge in [0.25, 0.3) is 11.6 Å². The van der Waals surface area contributed by atoms with Gasteiger partial charge in [0.15, 0.2) is 0 Å². The lowest BCUT2D eigenvalue weighted by Crippen LogP contribution is -2.44. The monoisotopic (exact) mass is 453 g/mol. The summed E-state index contributed by atoms with van der Waals surface area (Å²) in [6.07, 6.45) is 1.65. The number of carbonyl (C=O) groups is 1. The van der Waals surface area contributed by atoms with Crippen LogP contribution in [0.1, 0.15) is 18.1 Å². The molecule has 166 valence electrons. The Morgan fingerprint density at radius 1 is 1.09 bits per heavy atom. The van der Waals surface area contributed by atoms with E-state index in [2.05, 4.69) is 10.0 Å². The van der Waals surface area contributed by atoms with E-state index in [0.29, 0.717) is 33.2 Å². The molecule has 2 aliphatic rings. The van der Waals surface area contributed by atoms with Crippen molar-refractivity contribution in [1.29, 1.82) is 0 Å². The van der Waals surface area contributed by atoms with Gasteiger partial charge in [-0.2, -0.15) is 10.1 Å². The van der Waals surface area contributed by atoms with Crippen LogP contribution in [0.2, 0.25) is 5.02 Å². The first-order valence-corrected chi connectivity index (χ1v) is 10.7. The van der Waals surface area contributed by atoms with Gasteiger partial charge in [-0.3, -0.25) is 14.9 Å². The summed E-state index contributed by atoms with van der Waals surface area (Å²) in [4.78, 5) is 28.7. The fourth-order valence-electron chi connectivity index (χ4n) is 3.83. The summed E-state index contributed by atoms with van der Waals surface area (Å²) in [5.74, 6) is -0.298. The summed E-state index contributed by atoms with van der Waals surface area (Å²) in [6.45, 7) is 6.80. The summed E-state index contributed by atoms with van der Waals surface area (Å²) in [5.41, 5.74) is 3.63. The second-order valence-corrected chi connectivity index (χ2v) is 8.50. The maximum Gasteiger partial charge on any atom is 0.293 e. The fourth-order valence-corrected chi connectivity index (χ4v) is 4.01. The van der Waals surface area contributed by atoms with E-state index in [0.717, 1.165) is 31.7 Å². The van der Waals surface area contributed by atoms with Gasteiger partial charge in [0.2, 0.25) is 0 Å². The molecule has 4 rings (SSSR count). The Balaban J connectivity index is 1.64. The van der Waals surface area contributed by atoms with Crippen LogP contribution in [0.5, 0.6) is 0 Å². The van der Waals surface area contributed by atoms with Crippen LogP contribution < -0.4 is 9.91 Å². The Labute approximate surface area is 191 Å². The molecule has 32 heavy (non-hydrogen) atoms. The number of likely N-dealkylation sites (N-methyl/N-ethyl adjacent to an activating group) is 1. The molecule has 2 aliphatic heterocycles. The smallest absolute Gasteiger partial charge is 0.293 e. The highest BCUT2D eigenvalue weighted by atomic mass is 35.5. The lowest BCUT2D eigenvalue weighted by Gasteiger charge is -2.33. The van der Waals surface area contributed by atoms with Gasteiger partial charge in [-0.05, 0) is 56.3 Å². The molecule has 1 amide bonds. The lowest BCUT2D eigenvalue weighted by atomic mass is 10.1. The van der Waals surface area contributed by atoms with Gasteiger partial charge in [-0.1, -0.05) is 23.7 Å². The van der Waals surface area contributed by atoms with Gasteiger partial charge >= 0.3 is 0 Å². The van der Waals surface area contributed by atoms with Gasteiger partial charge in [0.05, 0.1) is 21.9 Å². The molecule has 2 aromatic rings. The molecule has 0 spiro atoms. The third kappa shape index (κ3) is 4.24. The molecule has 0 unspecified atom stereocenters. The molecular weight excluding hydrogens is 430 g/mol. The van der Waals surface area contributed by atoms with Gasteiger partial charge in [0, 0.05) is 37.3 Å². The first kappa shape index (κ1) is 22.0. The van der Waals surface area contributed by atoms with E-state index in [-0.39, 0.29) is 16.5 Å². The van der Waals surface area contributed by atoms with Crippen molar-refractivity contribution in [1.82, 2.24) is 4.90 Å². The van der Waals surface area contributed by atoms with Crippen molar-refractivity contribution < 1.29 is 9.72 Å². The minimum absolute atomic E-state index is 0.0334. The number of nitro groups is 1. The molecule has 0 radical (unpaired) electrons. The number of hydrazone groups is 1. The predicted octanol–water partition coefficient (Wildman–Crippen LogP) is 4.11. The predicted molar refractivity (Wildman–Crippen MR) is 128 cm³/mol. The Bertz CT molecular complexity index is 1150. The highest BCUT2D eigenvalue weighted by Gasteiger charge is 2.29. The summed E-state index contributed by atoms with van der Waals surface area (Å²) in [7, 11) is 2.04. The number of rotatable bonds is 4. The van der Waals surface area contributed by atoms with Crippen molar-refractivity contribution >= 4 is 46.4 Å². The van der Waals surface area contributed by atoms with Crippen molar-refractivity contribution in [2.24, 2.45) is 5.10 Å². The normalized spacial score (nSPS) is 18.4. The second-order valence-electron chi connectivity index (χ2n) is 8.09. The largest absolute Gasteiger partial charge is 0.363 e. The van der Waals surface area contributed by atoms with Gasteiger partial charge in [-0.25, -0.2) is 0 Å². The molecule has 0 saturated carbocycles. The third-order valence-corrected chi connectivity index (χ3v) is 6.22. The maximum absolute atomic E-state index is 13.0. The Morgan fingerprint density at radius 2 is 1.81 bits per heavy atom. The van der Waals surface area contributed by atoms with Crippen LogP contribution in [-0.2, 0) is 4.79 Å². The standard InChI is InChI=1S/C23H24ClN5O3/c1-15-4-6-18(14-20(15)24)28-23(30)19(16(2)25-28)12-17-5-7-21(22(13-17)29(31)32)27-10-8-26(3)9-11-27/h4-7,12-14H,8-11H2,1-3H3. The van der Waals surface area contributed by atoms with E-state index < -0.39 is 0 Å². The fraction of sp³-hybridized carbons (Fsp3) is 0.304. The number of carbonyl (C=O) groups excluding carboxylic acids is 1. The quantitative estimate of drug-likeness (QED) is 0.395. The molecule has 1 saturated heterocycles. The van der Waals surface area contributed by atoms with Crippen molar-refractivity contribution in [2.75, 3.05) is 43.1 Å². The Hall–Kier alpha value is -3.23. The summed E-state index contributed by atoms with van der Waals surface area (Å²) in [6, 6.07) is 10.4. The van der Waals surface area contributed by atoms with E-state index in [4.69, 9.17) is 11.6 Å². The number of amides is 1. The van der Waals surface area contributed by atoms with E-state index >= 15 is 0 Å². The molecule has 2 aromatic carbocycles. The molecular formula is C23H24ClN5O3. The molecule has 1 fully saturated rings. The topological polar surface area (TPSA) is 82.3 Å². The van der Waals surface area contributed by atoms with Crippen molar-refractivity contribution in [3.63, 3.8) is 0 Å². The van der Waals surface area contributed by atoms with Crippen molar-refractivity contribution in [3.8, 4) is 0 Å². The highest BCUT2D eigenvalue weighted by Crippen LogP contribution is 2.32.